The molecule has 2 heterocycles. The van der Waals surface area contributed by atoms with E-state index in [-0.39, 0.29) is 35.8 Å². The Morgan fingerprint density at radius 2 is 1.92 bits per heavy atom. The summed E-state index contributed by atoms with van der Waals surface area (Å²) in [5.74, 6) is 0.876. The van der Waals surface area contributed by atoms with E-state index in [4.69, 9.17) is 0 Å². The van der Waals surface area contributed by atoms with E-state index in [1.165, 1.54) is 17.7 Å². The summed E-state index contributed by atoms with van der Waals surface area (Å²) in [7, 11) is 1.78. The first-order valence-electron chi connectivity index (χ1n) is 9.11. The molecule has 1 aromatic heterocycles. The van der Waals surface area contributed by atoms with Gasteiger partial charge in [0.2, 0.25) is 5.91 Å². The molecular formula is C18H32IN5OS. The second kappa shape index (κ2) is 12.5. The predicted octanol–water partition coefficient (Wildman–Crippen LogP) is 2.44. The van der Waals surface area contributed by atoms with Crippen molar-refractivity contribution in [2.75, 3.05) is 39.8 Å². The minimum Gasteiger partial charge on any atom is -0.355 e. The SMILES string of the molecule is CN=C(NCCNC(=O)C(C)C)NCC(c1cccs1)N1CCCC1.I. The highest BCUT2D eigenvalue weighted by Crippen LogP contribution is 2.27. The van der Waals surface area contributed by atoms with E-state index in [0.29, 0.717) is 19.1 Å². The fourth-order valence-electron chi connectivity index (χ4n) is 2.93. The maximum Gasteiger partial charge on any atom is 0.222 e. The van der Waals surface area contributed by atoms with Gasteiger partial charge in [0.25, 0.3) is 0 Å². The number of hydrogen-bond donors (Lipinski definition) is 3. The molecule has 8 heteroatoms. The zero-order chi connectivity index (χ0) is 18.1. The number of amides is 1. The summed E-state index contributed by atoms with van der Waals surface area (Å²) in [5, 5.41) is 11.7. The van der Waals surface area contributed by atoms with Crippen molar-refractivity contribution in [2.45, 2.75) is 32.7 Å². The summed E-state index contributed by atoms with van der Waals surface area (Å²) >= 11 is 1.82. The van der Waals surface area contributed by atoms with Crippen LogP contribution < -0.4 is 16.0 Å². The summed E-state index contributed by atoms with van der Waals surface area (Å²) in [6.45, 7) is 8.20. The van der Waals surface area contributed by atoms with E-state index in [0.717, 1.165) is 25.6 Å². The lowest BCUT2D eigenvalue weighted by atomic mass is 10.2. The van der Waals surface area contributed by atoms with Crippen molar-refractivity contribution < 1.29 is 4.79 Å². The molecule has 0 aliphatic carbocycles. The van der Waals surface area contributed by atoms with E-state index < -0.39 is 0 Å². The molecule has 6 nitrogen and oxygen atoms in total. The van der Waals surface area contributed by atoms with Gasteiger partial charge in [0.1, 0.15) is 0 Å². The van der Waals surface area contributed by atoms with Gasteiger partial charge in [-0.3, -0.25) is 14.7 Å². The summed E-state index contributed by atoms with van der Waals surface area (Å²) in [6, 6.07) is 4.72. The van der Waals surface area contributed by atoms with Crippen LogP contribution in [-0.2, 0) is 4.79 Å². The zero-order valence-corrected chi connectivity index (χ0v) is 19.1. The number of rotatable bonds is 8. The van der Waals surface area contributed by atoms with E-state index in [1.54, 1.807) is 7.05 Å². The molecule has 1 unspecified atom stereocenters. The number of thiophene rings is 1. The van der Waals surface area contributed by atoms with Crippen LogP contribution in [0.25, 0.3) is 0 Å². The van der Waals surface area contributed by atoms with Crippen LogP contribution in [0.5, 0.6) is 0 Å². The van der Waals surface area contributed by atoms with Gasteiger partial charge < -0.3 is 16.0 Å². The molecule has 1 saturated heterocycles. The van der Waals surface area contributed by atoms with Crippen LogP contribution in [0, 0.1) is 5.92 Å². The van der Waals surface area contributed by atoms with Gasteiger partial charge in [-0.2, -0.15) is 0 Å². The fraction of sp³-hybridized carbons (Fsp3) is 0.667. The summed E-state index contributed by atoms with van der Waals surface area (Å²) in [5.41, 5.74) is 0. The molecule has 3 N–H and O–H groups in total. The first-order chi connectivity index (χ1) is 12.1. The van der Waals surface area contributed by atoms with Crippen molar-refractivity contribution in [1.82, 2.24) is 20.9 Å². The number of likely N-dealkylation sites (tertiary alicyclic amines) is 1. The van der Waals surface area contributed by atoms with Gasteiger partial charge >= 0.3 is 0 Å². The third kappa shape index (κ3) is 7.40. The van der Waals surface area contributed by atoms with Gasteiger partial charge in [-0.1, -0.05) is 19.9 Å². The average molecular weight is 493 g/mol. The normalized spacial score (nSPS) is 16.2. The molecule has 0 spiro atoms. The number of carbonyl (C=O) groups excluding carboxylic acids is 1. The van der Waals surface area contributed by atoms with E-state index in [2.05, 4.69) is 43.4 Å². The summed E-state index contributed by atoms with van der Waals surface area (Å²) in [6.07, 6.45) is 2.56. The second-order valence-corrected chi connectivity index (χ2v) is 7.58. The Balaban J connectivity index is 0.00000338. The highest BCUT2D eigenvalue weighted by Gasteiger charge is 2.24. The maximum atomic E-state index is 11.6. The lowest BCUT2D eigenvalue weighted by Gasteiger charge is -2.27. The topological polar surface area (TPSA) is 68.8 Å². The molecule has 0 radical (unpaired) electrons. The van der Waals surface area contributed by atoms with Gasteiger partial charge in [0.05, 0.1) is 6.04 Å². The number of carbonyl (C=O) groups is 1. The summed E-state index contributed by atoms with van der Waals surface area (Å²) < 4.78 is 0. The standard InChI is InChI=1S/C18H31N5OS.HI/c1-14(2)17(24)20-8-9-21-18(19-3)22-13-15(16-7-6-12-25-16)23-10-4-5-11-23;/h6-7,12,14-15H,4-5,8-11,13H2,1-3H3,(H,20,24)(H2,19,21,22);1H. The molecule has 1 atom stereocenters. The van der Waals surface area contributed by atoms with Crippen LogP contribution in [0.15, 0.2) is 22.5 Å². The third-order valence-electron chi connectivity index (χ3n) is 4.38. The Hall–Kier alpha value is -0.870. The molecule has 1 aliphatic heterocycles. The molecule has 26 heavy (non-hydrogen) atoms. The van der Waals surface area contributed by atoms with Gasteiger partial charge in [0, 0.05) is 37.5 Å². The largest absolute Gasteiger partial charge is 0.355 e. The van der Waals surface area contributed by atoms with Crippen LogP contribution in [0.1, 0.15) is 37.6 Å². The molecule has 1 amide bonds. The van der Waals surface area contributed by atoms with Crippen LogP contribution in [-0.4, -0.2) is 56.5 Å². The lowest BCUT2D eigenvalue weighted by molar-refractivity contribution is -0.123. The molecule has 2 rings (SSSR count). The number of halogens is 1. The minimum atomic E-state index is 0. The fourth-order valence-corrected chi connectivity index (χ4v) is 3.79. The van der Waals surface area contributed by atoms with Gasteiger partial charge in [0.15, 0.2) is 5.96 Å². The van der Waals surface area contributed by atoms with Crippen molar-refractivity contribution in [3.05, 3.63) is 22.4 Å². The lowest BCUT2D eigenvalue weighted by Crippen LogP contribution is -2.45. The first kappa shape index (κ1) is 23.2. The predicted molar refractivity (Wildman–Crippen MR) is 120 cm³/mol. The quantitative estimate of drug-likeness (QED) is 0.225. The van der Waals surface area contributed by atoms with Crippen molar-refractivity contribution in [1.29, 1.82) is 0 Å². The van der Waals surface area contributed by atoms with Gasteiger partial charge in [-0.25, -0.2) is 0 Å². The number of nitrogens with zero attached hydrogens (tertiary/aromatic N) is 2. The Labute approximate surface area is 178 Å². The van der Waals surface area contributed by atoms with Gasteiger partial charge in [-0.15, -0.1) is 35.3 Å². The highest BCUT2D eigenvalue weighted by atomic mass is 127. The molecule has 1 fully saturated rings. The molecule has 148 valence electrons. The Morgan fingerprint density at radius 1 is 1.23 bits per heavy atom. The van der Waals surface area contributed by atoms with Crippen molar-refractivity contribution in [3.63, 3.8) is 0 Å². The first-order valence-corrected chi connectivity index (χ1v) is 9.99. The number of hydrogen-bond acceptors (Lipinski definition) is 4. The molecular weight excluding hydrogens is 461 g/mol. The van der Waals surface area contributed by atoms with Crippen LogP contribution >= 0.6 is 35.3 Å². The van der Waals surface area contributed by atoms with Crippen LogP contribution in [0.2, 0.25) is 0 Å². The Bertz CT molecular complexity index is 544. The minimum absolute atomic E-state index is 0. The van der Waals surface area contributed by atoms with Crippen LogP contribution in [0.4, 0.5) is 0 Å². The van der Waals surface area contributed by atoms with E-state index in [9.17, 15) is 4.79 Å². The van der Waals surface area contributed by atoms with Gasteiger partial charge in [-0.05, 0) is 37.4 Å². The van der Waals surface area contributed by atoms with Crippen LogP contribution in [0.3, 0.4) is 0 Å². The van der Waals surface area contributed by atoms with Crippen molar-refractivity contribution >= 4 is 47.2 Å². The Kier molecular flexibility index (Phi) is 11.1. The Morgan fingerprint density at radius 3 is 2.50 bits per heavy atom. The second-order valence-electron chi connectivity index (χ2n) is 6.60. The maximum absolute atomic E-state index is 11.6. The highest BCUT2D eigenvalue weighted by molar-refractivity contribution is 14.0. The molecule has 0 saturated carbocycles. The molecule has 0 bridgehead atoms. The monoisotopic (exact) mass is 493 g/mol. The van der Waals surface area contributed by atoms with E-state index >= 15 is 0 Å². The molecule has 1 aromatic rings. The number of guanidine groups is 1. The number of aliphatic imine (C=N–C) groups is 1. The zero-order valence-electron chi connectivity index (χ0n) is 16.0. The molecule has 1 aliphatic rings. The van der Waals surface area contributed by atoms with Crippen molar-refractivity contribution in [3.8, 4) is 0 Å². The smallest absolute Gasteiger partial charge is 0.222 e. The van der Waals surface area contributed by atoms with Crippen molar-refractivity contribution in [2.24, 2.45) is 10.9 Å². The average Bonchev–Trinajstić information content (AvgIpc) is 3.30. The number of nitrogens with one attached hydrogen (secondary N) is 3. The summed E-state index contributed by atoms with van der Waals surface area (Å²) in [4.78, 5) is 19.8. The molecule has 0 aromatic carbocycles. The van der Waals surface area contributed by atoms with E-state index in [1.807, 2.05) is 25.2 Å². The third-order valence-corrected chi connectivity index (χ3v) is 5.35.